The summed E-state index contributed by atoms with van der Waals surface area (Å²) in [4.78, 5) is 14.2. The molecule has 0 saturated heterocycles. The molecule has 1 aromatic carbocycles. The van der Waals surface area contributed by atoms with Crippen LogP contribution >= 0.6 is 11.6 Å². The van der Waals surface area contributed by atoms with Gasteiger partial charge in [0.2, 0.25) is 0 Å². The lowest BCUT2D eigenvalue weighted by molar-refractivity contribution is -0.274. The van der Waals surface area contributed by atoms with Crippen LogP contribution in [0.2, 0.25) is 5.02 Å². The van der Waals surface area contributed by atoms with Crippen LogP contribution in [0, 0.1) is 6.92 Å². The molecule has 1 amide bonds. The van der Waals surface area contributed by atoms with E-state index in [9.17, 15) is 18.0 Å². The maximum Gasteiger partial charge on any atom is 0.573 e. The Labute approximate surface area is 154 Å². The fraction of sp³-hybridized carbons (Fsp3) is 0.412. The Morgan fingerprint density at radius 1 is 1.31 bits per heavy atom. The molecule has 142 valence electrons. The van der Waals surface area contributed by atoms with Crippen molar-refractivity contribution >= 4 is 23.2 Å². The summed E-state index contributed by atoms with van der Waals surface area (Å²) in [6.07, 6.45) is -3.22. The van der Waals surface area contributed by atoms with Gasteiger partial charge in [0.15, 0.2) is 0 Å². The zero-order valence-corrected chi connectivity index (χ0v) is 15.5. The SMILES string of the molecule is CC.Cc1cnn2c1C(=O)N(c1ccc(OC(F)(F)F)c(Cl)c1)CC2C. The standard InChI is InChI=1S/C15H13ClF3N3O2.C2H6/c1-8-6-20-22-9(2)7-21(14(23)13(8)22)10-3-4-12(11(16)5-10)24-15(17,18)19;1-2/h3-6,9H,7H2,1-2H3;1-2H3. The molecule has 0 aliphatic carbocycles. The number of aryl methyl sites for hydroxylation is 1. The van der Waals surface area contributed by atoms with Crippen LogP contribution in [-0.4, -0.2) is 28.6 Å². The predicted molar refractivity (Wildman–Crippen MR) is 92.8 cm³/mol. The second kappa shape index (κ2) is 7.57. The van der Waals surface area contributed by atoms with Crippen molar-refractivity contribution in [2.45, 2.75) is 40.1 Å². The highest BCUT2D eigenvalue weighted by atomic mass is 35.5. The molecule has 1 atom stereocenters. The Morgan fingerprint density at radius 3 is 2.54 bits per heavy atom. The molecule has 1 aliphatic rings. The fourth-order valence-corrected chi connectivity index (χ4v) is 2.90. The van der Waals surface area contributed by atoms with Gasteiger partial charge < -0.3 is 9.64 Å². The summed E-state index contributed by atoms with van der Waals surface area (Å²) in [5.41, 5.74) is 1.60. The Kier molecular flexibility index (Phi) is 5.85. The molecular formula is C17H19ClF3N3O2. The molecule has 0 saturated carbocycles. The van der Waals surface area contributed by atoms with Crippen molar-refractivity contribution in [1.82, 2.24) is 9.78 Å². The van der Waals surface area contributed by atoms with Crippen molar-refractivity contribution in [2.24, 2.45) is 0 Å². The molecule has 1 aliphatic heterocycles. The molecule has 26 heavy (non-hydrogen) atoms. The number of hydrogen-bond donors (Lipinski definition) is 0. The summed E-state index contributed by atoms with van der Waals surface area (Å²) in [5, 5.41) is 3.96. The molecule has 3 rings (SSSR count). The van der Waals surface area contributed by atoms with E-state index < -0.39 is 12.1 Å². The zero-order valence-electron chi connectivity index (χ0n) is 14.8. The lowest BCUT2D eigenvalue weighted by Crippen LogP contribution is -2.42. The van der Waals surface area contributed by atoms with E-state index in [1.54, 1.807) is 17.8 Å². The van der Waals surface area contributed by atoms with Crippen LogP contribution in [0.3, 0.4) is 0 Å². The van der Waals surface area contributed by atoms with E-state index in [0.717, 1.165) is 11.6 Å². The zero-order chi connectivity index (χ0) is 19.6. The van der Waals surface area contributed by atoms with Crippen molar-refractivity contribution in [1.29, 1.82) is 0 Å². The van der Waals surface area contributed by atoms with Crippen LogP contribution in [0.25, 0.3) is 0 Å². The summed E-state index contributed by atoms with van der Waals surface area (Å²) in [6, 6.07) is 3.69. The topological polar surface area (TPSA) is 47.4 Å². The average Bonchev–Trinajstić information content (AvgIpc) is 2.96. The first kappa shape index (κ1) is 20.1. The van der Waals surface area contributed by atoms with E-state index in [1.165, 1.54) is 17.0 Å². The number of benzene rings is 1. The highest BCUT2D eigenvalue weighted by Gasteiger charge is 2.34. The van der Waals surface area contributed by atoms with E-state index in [1.807, 2.05) is 20.8 Å². The van der Waals surface area contributed by atoms with Crippen LogP contribution in [-0.2, 0) is 0 Å². The first-order valence-electron chi connectivity index (χ1n) is 8.08. The molecule has 0 N–H and O–H groups in total. The predicted octanol–water partition coefficient (Wildman–Crippen LogP) is 4.99. The molecule has 2 aromatic rings. The summed E-state index contributed by atoms with van der Waals surface area (Å²) in [5.74, 6) is -0.782. The highest BCUT2D eigenvalue weighted by Crippen LogP contribution is 2.35. The van der Waals surface area contributed by atoms with Crippen LogP contribution in [0.1, 0.15) is 42.9 Å². The molecule has 0 spiro atoms. The second-order valence-electron chi connectivity index (χ2n) is 5.55. The number of amides is 1. The molecule has 2 heterocycles. The third-order valence-electron chi connectivity index (χ3n) is 3.74. The van der Waals surface area contributed by atoms with Gasteiger partial charge in [0, 0.05) is 17.8 Å². The minimum absolute atomic E-state index is 0.0729. The van der Waals surface area contributed by atoms with Gasteiger partial charge in [-0.3, -0.25) is 9.48 Å². The molecule has 5 nitrogen and oxygen atoms in total. The van der Waals surface area contributed by atoms with E-state index in [-0.39, 0.29) is 17.0 Å². The number of nitrogens with zero attached hydrogens (tertiary/aromatic N) is 3. The van der Waals surface area contributed by atoms with E-state index in [2.05, 4.69) is 9.84 Å². The summed E-state index contributed by atoms with van der Waals surface area (Å²) < 4.78 is 42.4. The smallest absolute Gasteiger partial charge is 0.404 e. The number of halogens is 4. The number of carbonyl (C=O) groups is 1. The summed E-state index contributed by atoms with van der Waals surface area (Å²) >= 11 is 5.87. The van der Waals surface area contributed by atoms with Gasteiger partial charge >= 0.3 is 6.36 Å². The van der Waals surface area contributed by atoms with Crippen molar-refractivity contribution in [3.8, 4) is 5.75 Å². The van der Waals surface area contributed by atoms with Gasteiger partial charge in [-0.15, -0.1) is 13.2 Å². The number of ether oxygens (including phenoxy) is 1. The van der Waals surface area contributed by atoms with Gasteiger partial charge in [-0.05, 0) is 32.0 Å². The number of anilines is 1. The number of fused-ring (bicyclic) bond motifs is 1. The van der Waals surface area contributed by atoms with Crippen molar-refractivity contribution in [3.63, 3.8) is 0 Å². The van der Waals surface area contributed by atoms with Gasteiger partial charge in [0.1, 0.15) is 11.4 Å². The number of carbonyl (C=O) groups excluding carboxylic acids is 1. The van der Waals surface area contributed by atoms with Crippen LogP contribution in [0.5, 0.6) is 5.75 Å². The minimum atomic E-state index is -4.83. The third kappa shape index (κ3) is 3.95. The average molecular weight is 390 g/mol. The summed E-state index contributed by atoms with van der Waals surface area (Å²) in [6.45, 7) is 8.01. The number of aromatic nitrogens is 2. The third-order valence-corrected chi connectivity index (χ3v) is 4.04. The minimum Gasteiger partial charge on any atom is -0.404 e. The Morgan fingerprint density at radius 2 is 1.96 bits per heavy atom. The van der Waals surface area contributed by atoms with Gasteiger partial charge in [-0.1, -0.05) is 25.4 Å². The van der Waals surface area contributed by atoms with Crippen molar-refractivity contribution in [3.05, 3.63) is 40.7 Å². The monoisotopic (exact) mass is 389 g/mol. The van der Waals surface area contributed by atoms with Crippen LogP contribution < -0.4 is 9.64 Å². The van der Waals surface area contributed by atoms with E-state index in [4.69, 9.17) is 11.6 Å². The maximum atomic E-state index is 12.7. The second-order valence-corrected chi connectivity index (χ2v) is 5.96. The maximum absolute atomic E-state index is 12.7. The van der Waals surface area contributed by atoms with E-state index >= 15 is 0 Å². The van der Waals surface area contributed by atoms with Crippen LogP contribution in [0.15, 0.2) is 24.4 Å². The molecule has 9 heteroatoms. The van der Waals surface area contributed by atoms with Crippen molar-refractivity contribution < 1.29 is 22.7 Å². The molecule has 1 aromatic heterocycles. The lowest BCUT2D eigenvalue weighted by Gasteiger charge is -2.32. The lowest BCUT2D eigenvalue weighted by atomic mass is 10.1. The van der Waals surface area contributed by atoms with Gasteiger partial charge in [0.05, 0.1) is 17.3 Å². The van der Waals surface area contributed by atoms with Crippen molar-refractivity contribution in [2.75, 3.05) is 11.4 Å². The first-order valence-corrected chi connectivity index (χ1v) is 8.46. The Hall–Kier alpha value is -2.22. The number of rotatable bonds is 2. The molecule has 0 radical (unpaired) electrons. The molecule has 0 fully saturated rings. The first-order chi connectivity index (χ1) is 12.2. The molecule has 0 bridgehead atoms. The number of hydrogen-bond acceptors (Lipinski definition) is 3. The molecule has 1 unspecified atom stereocenters. The summed E-state index contributed by atoms with van der Waals surface area (Å²) in [7, 11) is 0. The largest absolute Gasteiger partial charge is 0.573 e. The van der Waals surface area contributed by atoms with Gasteiger partial charge in [-0.2, -0.15) is 5.10 Å². The highest BCUT2D eigenvalue weighted by molar-refractivity contribution is 6.32. The van der Waals surface area contributed by atoms with Gasteiger partial charge in [0.25, 0.3) is 5.91 Å². The Balaban J connectivity index is 0.00000117. The fourth-order valence-electron chi connectivity index (χ4n) is 2.69. The quantitative estimate of drug-likeness (QED) is 0.726. The Bertz CT molecular complexity index is 805. The normalized spacial score (nSPS) is 16.7. The van der Waals surface area contributed by atoms with Crippen LogP contribution in [0.4, 0.5) is 18.9 Å². The van der Waals surface area contributed by atoms with Gasteiger partial charge in [-0.25, -0.2) is 0 Å². The molecular weight excluding hydrogens is 371 g/mol. The number of alkyl halides is 3. The van der Waals surface area contributed by atoms with E-state index in [0.29, 0.717) is 17.9 Å².